The van der Waals surface area contributed by atoms with Gasteiger partial charge in [-0.25, -0.2) is 4.79 Å². The molecule has 0 atom stereocenters. The van der Waals surface area contributed by atoms with Gasteiger partial charge in [0, 0.05) is 11.0 Å². The zero-order valence-electron chi connectivity index (χ0n) is 11.6. The minimum atomic E-state index is -0.659. The van der Waals surface area contributed by atoms with Crippen molar-refractivity contribution in [1.82, 2.24) is 10.6 Å². The van der Waals surface area contributed by atoms with E-state index in [-0.39, 0.29) is 6.42 Å². The molecule has 21 heavy (non-hydrogen) atoms. The molecule has 0 radical (unpaired) electrons. The molecular formula is C14H17BrN2O4. The number of imide groups is 1. The van der Waals surface area contributed by atoms with E-state index in [2.05, 4.69) is 26.6 Å². The molecule has 0 heterocycles. The summed E-state index contributed by atoms with van der Waals surface area (Å²) < 4.78 is 5.71. The average molecular weight is 357 g/mol. The van der Waals surface area contributed by atoms with E-state index in [4.69, 9.17) is 4.74 Å². The zero-order chi connectivity index (χ0) is 15.7. The first kappa shape index (κ1) is 17.2. The Balaban J connectivity index is 2.27. The second kappa shape index (κ2) is 9.12. The summed E-state index contributed by atoms with van der Waals surface area (Å²) in [6, 6.07) is 6.60. The summed E-state index contributed by atoms with van der Waals surface area (Å²) in [4.78, 5) is 34.1. The number of urea groups is 1. The Morgan fingerprint density at radius 3 is 2.48 bits per heavy atom. The van der Waals surface area contributed by atoms with Gasteiger partial charge in [-0.3, -0.25) is 14.9 Å². The van der Waals surface area contributed by atoms with E-state index in [0.29, 0.717) is 6.54 Å². The molecule has 1 rings (SSSR count). The Kier molecular flexibility index (Phi) is 7.45. The number of benzene rings is 1. The highest BCUT2D eigenvalue weighted by Crippen LogP contribution is 2.11. The lowest BCUT2D eigenvalue weighted by Gasteiger charge is -2.07. The second-order valence-corrected chi connectivity index (χ2v) is 5.18. The Morgan fingerprint density at radius 2 is 1.86 bits per heavy atom. The van der Waals surface area contributed by atoms with E-state index in [0.717, 1.165) is 16.5 Å². The third-order valence-corrected chi connectivity index (χ3v) is 2.94. The number of hydrogen-bond acceptors (Lipinski definition) is 4. The molecule has 2 N–H and O–H groups in total. The quantitative estimate of drug-likeness (QED) is 0.760. The van der Waals surface area contributed by atoms with Crippen molar-refractivity contribution in [3.05, 3.63) is 34.3 Å². The topological polar surface area (TPSA) is 84.5 Å². The highest BCUT2D eigenvalue weighted by molar-refractivity contribution is 9.10. The summed E-state index contributed by atoms with van der Waals surface area (Å²) in [7, 11) is 0. The van der Waals surface area contributed by atoms with Crippen LogP contribution < -0.4 is 10.6 Å². The molecule has 0 unspecified atom stereocenters. The molecule has 1 aromatic carbocycles. The Morgan fingerprint density at radius 1 is 1.19 bits per heavy atom. The van der Waals surface area contributed by atoms with Crippen LogP contribution in [0.15, 0.2) is 28.7 Å². The number of carbonyl (C=O) groups excluding carboxylic acids is 3. The van der Waals surface area contributed by atoms with Crippen molar-refractivity contribution in [3.63, 3.8) is 0 Å². The number of hydrogen-bond donors (Lipinski definition) is 2. The van der Waals surface area contributed by atoms with Crippen molar-refractivity contribution in [3.8, 4) is 0 Å². The van der Waals surface area contributed by atoms with Crippen molar-refractivity contribution >= 4 is 33.8 Å². The predicted octanol–water partition coefficient (Wildman–Crippen LogP) is 1.77. The Hall–Kier alpha value is -1.89. The maximum absolute atomic E-state index is 11.5. The van der Waals surface area contributed by atoms with E-state index in [1.165, 1.54) is 0 Å². The number of halogens is 1. The molecule has 0 spiro atoms. The largest absolute Gasteiger partial charge is 0.455 e. The molecule has 3 amide bonds. The molecule has 0 aliphatic rings. The van der Waals surface area contributed by atoms with Crippen LogP contribution in [0.3, 0.4) is 0 Å². The second-order valence-electron chi connectivity index (χ2n) is 4.27. The highest BCUT2D eigenvalue weighted by Gasteiger charge is 2.11. The highest BCUT2D eigenvalue weighted by atomic mass is 79.9. The lowest BCUT2D eigenvalue weighted by molar-refractivity contribution is -0.147. The van der Waals surface area contributed by atoms with Gasteiger partial charge in [0.2, 0.25) is 0 Å². The summed E-state index contributed by atoms with van der Waals surface area (Å²) >= 11 is 3.30. The number of amides is 3. The monoisotopic (exact) mass is 356 g/mol. The van der Waals surface area contributed by atoms with Gasteiger partial charge in [-0.2, -0.15) is 0 Å². The van der Waals surface area contributed by atoms with Crippen molar-refractivity contribution in [2.75, 3.05) is 13.2 Å². The van der Waals surface area contributed by atoms with Crippen LogP contribution in [0.5, 0.6) is 0 Å². The van der Waals surface area contributed by atoms with Crippen LogP contribution in [-0.4, -0.2) is 31.1 Å². The minimum absolute atomic E-state index is 0.0720. The number of carbonyl (C=O) groups is 3. The maximum atomic E-state index is 11.5. The fourth-order valence-corrected chi connectivity index (χ4v) is 1.68. The number of ether oxygens (including phenoxy) is 1. The van der Waals surface area contributed by atoms with Crippen molar-refractivity contribution in [2.24, 2.45) is 0 Å². The van der Waals surface area contributed by atoms with Gasteiger partial charge < -0.3 is 10.1 Å². The van der Waals surface area contributed by atoms with E-state index in [1.54, 1.807) is 12.1 Å². The van der Waals surface area contributed by atoms with Gasteiger partial charge in [-0.15, -0.1) is 0 Å². The van der Waals surface area contributed by atoms with Gasteiger partial charge in [0.05, 0.1) is 6.42 Å². The third kappa shape index (κ3) is 7.45. The molecule has 6 nitrogen and oxygen atoms in total. The molecule has 114 valence electrons. The molecule has 0 aliphatic carbocycles. The van der Waals surface area contributed by atoms with Crippen LogP contribution in [0.25, 0.3) is 0 Å². The van der Waals surface area contributed by atoms with Crippen molar-refractivity contribution in [2.45, 2.75) is 19.8 Å². The number of nitrogens with one attached hydrogen (secondary N) is 2. The van der Waals surface area contributed by atoms with E-state index in [9.17, 15) is 14.4 Å². The smallest absolute Gasteiger partial charge is 0.321 e. The van der Waals surface area contributed by atoms with Gasteiger partial charge in [0.15, 0.2) is 6.61 Å². The van der Waals surface area contributed by atoms with Gasteiger partial charge in [0.1, 0.15) is 0 Å². The molecule has 0 aromatic heterocycles. The predicted molar refractivity (Wildman–Crippen MR) is 80.6 cm³/mol. The van der Waals surface area contributed by atoms with Crippen LogP contribution >= 0.6 is 15.9 Å². The maximum Gasteiger partial charge on any atom is 0.321 e. The molecule has 0 bridgehead atoms. The minimum Gasteiger partial charge on any atom is -0.455 e. The van der Waals surface area contributed by atoms with Crippen LogP contribution in [0, 0.1) is 0 Å². The fraction of sp³-hybridized carbons (Fsp3) is 0.357. The van der Waals surface area contributed by atoms with Crippen LogP contribution in [0.2, 0.25) is 0 Å². The van der Waals surface area contributed by atoms with Crippen LogP contribution in [0.1, 0.15) is 18.9 Å². The fourth-order valence-electron chi connectivity index (χ4n) is 1.41. The zero-order valence-corrected chi connectivity index (χ0v) is 13.2. The Labute approximate surface area is 131 Å². The molecule has 0 saturated heterocycles. The summed E-state index contributed by atoms with van der Waals surface area (Å²) in [5.74, 6) is -1.19. The molecule has 7 heteroatoms. The number of esters is 1. The first-order valence-corrected chi connectivity index (χ1v) is 7.28. The molecule has 0 saturated carbocycles. The first-order chi connectivity index (χ1) is 10.0. The summed E-state index contributed by atoms with van der Waals surface area (Å²) in [5.41, 5.74) is 0.782. The van der Waals surface area contributed by atoms with Crippen molar-refractivity contribution in [1.29, 1.82) is 0 Å². The van der Waals surface area contributed by atoms with Crippen LogP contribution in [0.4, 0.5) is 4.79 Å². The Bertz CT molecular complexity index is 502. The average Bonchev–Trinajstić information content (AvgIpc) is 2.45. The first-order valence-electron chi connectivity index (χ1n) is 6.49. The van der Waals surface area contributed by atoms with Gasteiger partial charge in [-0.1, -0.05) is 35.0 Å². The standard InChI is InChI=1S/C14H17BrN2O4/c1-2-7-16-14(20)17-12(18)9-21-13(19)8-10-3-5-11(15)6-4-10/h3-6H,2,7-9H2,1H3,(H2,16,17,18,20). The summed E-state index contributed by atoms with van der Waals surface area (Å²) in [5, 5.41) is 4.55. The normalized spacial score (nSPS) is 9.81. The number of rotatable bonds is 6. The van der Waals surface area contributed by atoms with Crippen molar-refractivity contribution < 1.29 is 19.1 Å². The van der Waals surface area contributed by atoms with Gasteiger partial charge in [-0.05, 0) is 24.1 Å². The van der Waals surface area contributed by atoms with E-state index in [1.807, 2.05) is 19.1 Å². The summed E-state index contributed by atoms with van der Waals surface area (Å²) in [6.45, 7) is 1.89. The van der Waals surface area contributed by atoms with E-state index < -0.39 is 24.5 Å². The molecular weight excluding hydrogens is 340 g/mol. The molecule has 0 fully saturated rings. The lowest BCUT2D eigenvalue weighted by Crippen LogP contribution is -2.41. The SMILES string of the molecule is CCCNC(=O)NC(=O)COC(=O)Cc1ccc(Br)cc1. The van der Waals surface area contributed by atoms with Gasteiger partial charge in [0.25, 0.3) is 5.91 Å². The third-order valence-electron chi connectivity index (χ3n) is 2.41. The molecule has 1 aromatic rings. The van der Waals surface area contributed by atoms with Crippen LogP contribution in [-0.2, 0) is 20.7 Å². The van der Waals surface area contributed by atoms with E-state index >= 15 is 0 Å². The molecule has 0 aliphatic heterocycles. The van der Waals surface area contributed by atoms with Gasteiger partial charge >= 0.3 is 12.0 Å². The lowest BCUT2D eigenvalue weighted by atomic mass is 10.2. The summed E-state index contributed by atoms with van der Waals surface area (Å²) in [6.07, 6.45) is 0.840.